The molecule has 2 aromatic heterocycles. The summed E-state index contributed by atoms with van der Waals surface area (Å²) in [5.41, 5.74) is 1.22. The van der Waals surface area contributed by atoms with Crippen LogP contribution in [-0.4, -0.2) is 58.3 Å². The third-order valence-electron chi connectivity index (χ3n) is 5.82. The summed E-state index contributed by atoms with van der Waals surface area (Å²) in [6.07, 6.45) is 10.4. The van der Waals surface area contributed by atoms with Crippen LogP contribution in [-0.2, 0) is 7.05 Å². The first kappa shape index (κ1) is 18.1. The van der Waals surface area contributed by atoms with Crippen LogP contribution in [0.2, 0.25) is 0 Å². The highest BCUT2D eigenvalue weighted by molar-refractivity contribution is 5.74. The number of aromatic nitrogens is 2. The number of urea groups is 1. The molecule has 2 atom stereocenters. The molecule has 2 aliphatic heterocycles. The Labute approximate surface area is 160 Å². The number of furan rings is 1. The number of likely N-dealkylation sites (tertiary alicyclic amines) is 2. The Morgan fingerprint density at radius 3 is 2.89 bits per heavy atom. The van der Waals surface area contributed by atoms with Crippen LogP contribution in [0.1, 0.15) is 49.0 Å². The van der Waals surface area contributed by atoms with Gasteiger partial charge in [0.05, 0.1) is 18.5 Å². The maximum absolute atomic E-state index is 12.7. The van der Waals surface area contributed by atoms with Crippen LogP contribution < -0.4 is 5.32 Å². The second-order valence-corrected chi connectivity index (χ2v) is 7.69. The van der Waals surface area contributed by atoms with Gasteiger partial charge in [0.15, 0.2) is 0 Å². The molecule has 1 N–H and O–H groups in total. The molecular formula is C20H29N5O2. The second-order valence-electron chi connectivity index (χ2n) is 7.69. The van der Waals surface area contributed by atoms with E-state index in [1.165, 1.54) is 24.8 Å². The van der Waals surface area contributed by atoms with Gasteiger partial charge in [0.2, 0.25) is 0 Å². The van der Waals surface area contributed by atoms with Crippen LogP contribution in [0.25, 0.3) is 0 Å². The van der Waals surface area contributed by atoms with Gasteiger partial charge in [-0.1, -0.05) is 6.42 Å². The number of carbonyl (C=O) groups is 1. The summed E-state index contributed by atoms with van der Waals surface area (Å²) in [5.74, 6) is 1.32. The van der Waals surface area contributed by atoms with Crippen molar-refractivity contribution in [2.24, 2.45) is 7.05 Å². The highest BCUT2D eigenvalue weighted by Crippen LogP contribution is 2.27. The Balaban J connectivity index is 1.34. The lowest BCUT2D eigenvalue weighted by Gasteiger charge is -2.33. The molecule has 2 aliphatic rings. The monoisotopic (exact) mass is 371 g/mol. The van der Waals surface area contributed by atoms with Crippen LogP contribution in [0, 0.1) is 0 Å². The predicted octanol–water partition coefficient (Wildman–Crippen LogP) is 2.74. The Bertz CT molecular complexity index is 735. The number of hydrogen-bond acceptors (Lipinski definition) is 4. The summed E-state index contributed by atoms with van der Waals surface area (Å²) in [7, 11) is 1.93. The Morgan fingerprint density at radius 1 is 1.33 bits per heavy atom. The number of piperidine rings is 1. The average molecular weight is 371 g/mol. The van der Waals surface area contributed by atoms with E-state index >= 15 is 0 Å². The molecule has 0 aromatic carbocycles. The topological polar surface area (TPSA) is 66.5 Å². The van der Waals surface area contributed by atoms with Crippen LogP contribution in [0.5, 0.6) is 0 Å². The van der Waals surface area contributed by atoms with E-state index in [9.17, 15) is 4.79 Å². The van der Waals surface area contributed by atoms with Crippen LogP contribution in [0.15, 0.2) is 35.2 Å². The molecule has 2 amide bonds. The number of nitrogens with one attached hydrogen (secondary N) is 1. The van der Waals surface area contributed by atoms with Gasteiger partial charge in [-0.25, -0.2) is 4.79 Å². The first-order valence-electron chi connectivity index (χ1n) is 9.99. The lowest BCUT2D eigenvalue weighted by molar-refractivity contribution is 0.140. The number of aryl methyl sites for hydroxylation is 1. The second kappa shape index (κ2) is 8.17. The normalized spacial score (nSPS) is 22.1. The van der Waals surface area contributed by atoms with Gasteiger partial charge in [0.1, 0.15) is 5.76 Å². The van der Waals surface area contributed by atoms with Crippen molar-refractivity contribution in [3.63, 3.8) is 0 Å². The quantitative estimate of drug-likeness (QED) is 0.878. The molecule has 0 radical (unpaired) electrons. The standard InChI is InChI=1S/C20H29N5O2/c1-23-14-17(12-22-23)16-7-10-25(15-16)20(26)21-13-18(19-6-5-11-27-19)24-8-3-2-4-9-24/h5-6,11-12,14,16,18H,2-4,7-10,13,15H2,1H3,(H,21,26). The maximum Gasteiger partial charge on any atom is 0.317 e. The molecule has 7 nitrogen and oxygen atoms in total. The first-order valence-corrected chi connectivity index (χ1v) is 9.99. The van der Waals surface area contributed by atoms with E-state index in [1.54, 1.807) is 6.26 Å². The Kier molecular flexibility index (Phi) is 5.48. The largest absolute Gasteiger partial charge is 0.468 e. The van der Waals surface area contributed by atoms with Crippen molar-refractivity contribution in [1.29, 1.82) is 0 Å². The number of carbonyl (C=O) groups excluding carboxylic acids is 1. The molecule has 2 fully saturated rings. The van der Waals surface area contributed by atoms with E-state index in [2.05, 4.69) is 21.5 Å². The molecule has 0 bridgehead atoms. The molecular weight excluding hydrogens is 342 g/mol. The minimum atomic E-state index is 0.0231. The molecule has 4 heterocycles. The Morgan fingerprint density at radius 2 is 2.19 bits per heavy atom. The number of hydrogen-bond donors (Lipinski definition) is 1. The van der Waals surface area contributed by atoms with Gasteiger partial charge in [0, 0.05) is 38.8 Å². The van der Waals surface area contributed by atoms with Gasteiger partial charge in [-0.2, -0.15) is 5.10 Å². The van der Waals surface area contributed by atoms with Gasteiger partial charge in [-0.15, -0.1) is 0 Å². The molecule has 4 rings (SSSR count). The van der Waals surface area contributed by atoms with E-state index in [1.807, 2.05) is 35.0 Å². The van der Waals surface area contributed by atoms with Crippen molar-refractivity contribution < 1.29 is 9.21 Å². The molecule has 2 unspecified atom stereocenters. The van der Waals surface area contributed by atoms with Crippen LogP contribution in [0.4, 0.5) is 4.79 Å². The third kappa shape index (κ3) is 4.18. The van der Waals surface area contributed by atoms with Gasteiger partial charge < -0.3 is 14.6 Å². The smallest absolute Gasteiger partial charge is 0.317 e. The average Bonchev–Trinajstić information content (AvgIpc) is 3.44. The highest BCUT2D eigenvalue weighted by Gasteiger charge is 2.30. The zero-order valence-corrected chi connectivity index (χ0v) is 16.0. The van der Waals surface area contributed by atoms with E-state index in [-0.39, 0.29) is 12.1 Å². The summed E-state index contributed by atoms with van der Waals surface area (Å²) in [4.78, 5) is 17.1. The zero-order valence-electron chi connectivity index (χ0n) is 16.0. The highest BCUT2D eigenvalue weighted by atomic mass is 16.3. The lowest BCUT2D eigenvalue weighted by Crippen LogP contribution is -2.44. The van der Waals surface area contributed by atoms with Crippen molar-refractivity contribution in [2.45, 2.75) is 37.6 Å². The molecule has 7 heteroatoms. The summed E-state index contributed by atoms with van der Waals surface area (Å²) < 4.78 is 7.49. The summed E-state index contributed by atoms with van der Waals surface area (Å²) in [6, 6.07) is 4.07. The SMILES string of the molecule is Cn1cc(C2CCN(C(=O)NCC(c3ccco3)N3CCCCC3)C2)cn1. The van der Waals surface area contributed by atoms with Gasteiger partial charge in [-0.3, -0.25) is 9.58 Å². The number of nitrogens with zero attached hydrogens (tertiary/aromatic N) is 4. The fourth-order valence-corrected chi connectivity index (χ4v) is 4.28. The fourth-order valence-electron chi connectivity index (χ4n) is 4.28. The van der Waals surface area contributed by atoms with E-state index in [4.69, 9.17) is 4.42 Å². The Hall–Kier alpha value is -2.28. The number of amides is 2. The van der Waals surface area contributed by atoms with E-state index in [0.717, 1.165) is 38.4 Å². The van der Waals surface area contributed by atoms with Crippen molar-refractivity contribution in [1.82, 2.24) is 24.9 Å². The van der Waals surface area contributed by atoms with E-state index < -0.39 is 0 Å². The van der Waals surface area contributed by atoms with Gasteiger partial charge in [0.25, 0.3) is 0 Å². The maximum atomic E-state index is 12.7. The lowest BCUT2D eigenvalue weighted by atomic mass is 10.0. The van der Waals surface area contributed by atoms with Crippen LogP contribution >= 0.6 is 0 Å². The first-order chi connectivity index (χ1) is 13.2. The molecule has 146 valence electrons. The van der Waals surface area contributed by atoms with Crippen molar-refractivity contribution in [2.75, 3.05) is 32.7 Å². The fraction of sp³-hybridized carbons (Fsp3) is 0.600. The zero-order chi connectivity index (χ0) is 18.6. The molecule has 2 aromatic rings. The van der Waals surface area contributed by atoms with Gasteiger partial charge >= 0.3 is 6.03 Å². The van der Waals surface area contributed by atoms with Crippen molar-refractivity contribution in [3.8, 4) is 0 Å². The summed E-state index contributed by atoms with van der Waals surface area (Å²) in [6.45, 7) is 4.26. The van der Waals surface area contributed by atoms with Gasteiger partial charge in [-0.05, 0) is 50.0 Å². The molecule has 0 saturated carbocycles. The van der Waals surface area contributed by atoms with Crippen LogP contribution in [0.3, 0.4) is 0 Å². The molecule has 0 aliphatic carbocycles. The molecule has 2 saturated heterocycles. The molecule has 27 heavy (non-hydrogen) atoms. The van der Waals surface area contributed by atoms with Crippen molar-refractivity contribution >= 4 is 6.03 Å². The van der Waals surface area contributed by atoms with E-state index in [0.29, 0.717) is 12.5 Å². The minimum Gasteiger partial charge on any atom is -0.468 e. The minimum absolute atomic E-state index is 0.0231. The summed E-state index contributed by atoms with van der Waals surface area (Å²) >= 11 is 0. The third-order valence-corrected chi connectivity index (χ3v) is 5.82. The number of rotatable bonds is 5. The summed E-state index contributed by atoms with van der Waals surface area (Å²) in [5, 5.41) is 7.40. The molecule has 0 spiro atoms. The predicted molar refractivity (Wildman–Crippen MR) is 102 cm³/mol. The van der Waals surface area contributed by atoms with Crippen molar-refractivity contribution in [3.05, 3.63) is 42.1 Å².